The molecular formula is C12H12Cl6N4OS. The number of thiocarbonyl (C=S) groups is 1. The normalized spacial score (nSPS) is 12.3. The highest BCUT2D eigenvalue weighted by Gasteiger charge is 2.35. The Morgan fingerprint density at radius 2 is 1.62 bits per heavy atom. The van der Waals surface area contributed by atoms with Crippen molar-refractivity contribution in [2.24, 2.45) is 0 Å². The number of rotatable bonds is 3. The molecule has 1 rings (SSSR count). The van der Waals surface area contributed by atoms with Gasteiger partial charge in [0.25, 0.3) is 0 Å². The molecule has 5 nitrogen and oxygen atoms in total. The predicted octanol–water partition coefficient (Wildman–Crippen LogP) is 4.90. The van der Waals surface area contributed by atoms with Crippen LogP contribution < -0.4 is 16.0 Å². The minimum Gasteiger partial charge on any atom is -0.339 e. The second kappa shape index (κ2) is 9.03. The number of alkyl halides is 3. The van der Waals surface area contributed by atoms with Crippen LogP contribution in [0.25, 0.3) is 0 Å². The van der Waals surface area contributed by atoms with Gasteiger partial charge in [-0.05, 0) is 24.4 Å². The van der Waals surface area contributed by atoms with Crippen LogP contribution in [0.3, 0.4) is 0 Å². The van der Waals surface area contributed by atoms with E-state index in [1.165, 1.54) is 31.1 Å². The number of urea groups is 1. The zero-order valence-electron chi connectivity index (χ0n) is 12.3. The first-order valence-electron chi connectivity index (χ1n) is 6.18. The number of hydrogen-bond acceptors (Lipinski definition) is 2. The molecule has 0 saturated carbocycles. The van der Waals surface area contributed by atoms with Gasteiger partial charge in [0.1, 0.15) is 0 Å². The van der Waals surface area contributed by atoms with Gasteiger partial charge in [-0.1, -0.05) is 69.6 Å². The van der Waals surface area contributed by atoms with E-state index >= 15 is 0 Å². The van der Waals surface area contributed by atoms with Crippen LogP contribution in [0.1, 0.15) is 0 Å². The number of benzene rings is 1. The van der Waals surface area contributed by atoms with Crippen molar-refractivity contribution in [3.8, 4) is 0 Å². The summed E-state index contributed by atoms with van der Waals surface area (Å²) in [5.41, 5.74) is 0.322. The minimum absolute atomic E-state index is 0.0245. The number of carbonyl (C=O) groups is 1. The molecule has 0 aliphatic carbocycles. The Morgan fingerprint density at radius 3 is 2.04 bits per heavy atom. The van der Waals surface area contributed by atoms with Gasteiger partial charge in [-0.3, -0.25) is 0 Å². The molecule has 0 bridgehead atoms. The number of carbonyl (C=O) groups excluding carboxylic acids is 1. The maximum absolute atomic E-state index is 11.8. The summed E-state index contributed by atoms with van der Waals surface area (Å²) >= 11 is 40.7. The molecule has 1 aromatic rings. The quantitative estimate of drug-likeness (QED) is 0.332. The minimum atomic E-state index is -1.87. The van der Waals surface area contributed by atoms with Gasteiger partial charge in [0.2, 0.25) is 3.79 Å². The smallest absolute Gasteiger partial charge is 0.318 e. The molecule has 0 heterocycles. The van der Waals surface area contributed by atoms with Crippen LogP contribution in [-0.4, -0.2) is 40.1 Å². The summed E-state index contributed by atoms with van der Waals surface area (Å²) < 4.78 is -1.87. The van der Waals surface area contributed by atoms with Crippen molar-refractivity contribution in [1.29, 1.82) is 0 Å². The summed E-state index contributed by atoms with van der Waals surface area (Å²) in [4.78, 5) is 13.0. The van der Waals surface area contributed by atoms with Crippen molar-refractivity contribution >= 4 is 98.7 Å². The Bertz CT molecular complexity index is 613. The molecule has 0 spiro atoms. The lowest BCUT2D eigenvalue weighted by Crippen LogP contribution is -2.57. The summed E-state index contributed by atoms with van der Waals surface area (Å²) in [6.07, 6.45) is -1.11. The fraction of sp³-hybridized carbons (Fsp3) is 0.333. The summed E-state index contributed by atoms with van der Waals surface area (Å²) in [5.74, 6) is 0. The number of nitrogens with one attached hydrogen (secondary N) is 3. The van der Waals surface area contributed by atoms with Gasteiger partial charge in [0.15, 0.2) is 11.3 Å². The first kappa shape index (κ1) is 22.0. The molecule has 3 N–H and O–H groups in total. The van der Waals surface area contributed by atoms with Gasteiger partial charge in [-0.2, -0.15) is 0 Å². The highest BCUT2D eigenvalue weighted by Crippen LogP contribution is 2.34. The van der Waals surface area contributed by atoms with Crippen LogP contribution in [0.2, 0.25) is 15.1 Å². The van der Waals surface area contributed by atoms with E-state index in [0.717, 1.165) is 0 Å². The van der Waals surface area contributed by atoms with Crippen LogP contribution >= 0.6 is 81.8 Å². The van der Waals surface area contributed by atoms with E-state index in [2.05, 4.69) is 16.0 Å². The van der Waals surface area contributed by atoms with E-state index in [1.807, 2.05) is 0 Å². The molecule has 0 aliphatic rings. The number of nitrogens with zero attached hydrogens (tertiary/aromatic N) is 1. The van der Waals surface area contributed by atoms with E-state index in [-0.39, 0.29) is 15.2 Å². The lowest BCUT2D eigenvalue weighted by atomic mass is 10.3. The molecule has 1 atom stereocenters. The Morgan fingerprint density at radius 1 is 1.12 bits per heavy atom. The average Bonchev–Trinajstić information content (AvgIpc) is 2.40. The fourth-order valence-electron chi connectivity index (χ4n) is 1.39. The molecular weight excluding hydrogens is 461 g/mol. The van der Waals surface area contributed by atoms with Crippen molar-refractivity contribution in [1.82, 2.24) is 15.5 Å². The molecule has 0 aliphatic heterocycles. The molecule has 134 valence electrons. The van der Waals surface area contributed by atoms with E-state index in [0.29, 0.717) is 10.7 Å². The van der Waals surface area contributed by atoms with Gasteiger partial charge >= 0.3 is 6.03 Å². The first-order valence-corrected chi connectivity index (χ1v) is 8.86. The Labute approximate surface area is 174 Å². The summed E-state index contributed by atoms with van der Waals surface area (Å²) in [5, 5.41) is 8.81. The standard InChI is InChI=1S/C12H12Cl6N4OS/c1-22(2)11(23)21-9(12(16,17)18)20-10(24)19-8-6(14)3-5(13)4-7(8)15/h3-4,9H,1-2H3,(H,21,23)(H2,19,20,24)/t9-/m1/s1. The topological polar surface area (TPSA) is 56.4 Å². The van der Waals surface area contributed by atoms with Gasteiger partial charge < -0.3 is 20.9 Å². The van der Waals surface area contributed by atoms with Crippen molar-refractivity contribution in [3.05, 3.63) is 27.2 Å². The lowest BCUT2D eigenvalue weighted by Gasteiger charge is -2.29. The van der Waals surface area contributed by atoms with Crippen molar-refractivity contribution < 1.29 is 4.79 Å². The monoisotopic (exact) mass is 470 g/mol. The SMILES string of the molecule is CN(C)C(=O)N[C@@H](NC(=S)Nc1c(Cl)cc(Cl)cc1Cl)C(Cl)(Cl)Cl. The van der Waals surface area contributed by atoms with E-state index in [9.17, 15) is 4.79 Å². The number of anilines is 1. The average molecular weight is 473 g/mol. The number of amides is 2. The molecule has 0 unspecified atom stereocenters. The third-order valence-electron chi connectivity index (χ3n) is 2.52. The third kappa shape index (κ3) is 6.67. The second-order valence-corrected chi connectivity index (χ2v) is 8.69. The first-order chi connectivity index (χ1) is 10.9. The van der Waals surface area contributed by atoms with Crippen LogP contribution in [0, 0.1) is 0 Å². The van der Waals surface area contributed by atoms with Gasteiger partial charge in [-0.25, -0.2) is 4.79 Å². The van der Waals surface area contributed by atoms with Gasteiger partial charge in [0.05, 0.1) is 15.7 Å². The highest BCUT2D eigenvalue weighted by molar-refractivity contribution is 7.80. The number of halogens is 6. The molecule has 0 aromatic heterocycles. The van der Waals surface area contributed by atoms with Crippen LogP contribution in [0.15, 0.2) is 12.1 Å². The molecule has 0 saturated heterocycles. The highest BCUT2D eigenvalue weighted by atomic mass is 35.6. The lowest BCUT2D eigenvalue weighted by molar-refractivity contribution is 0.212. The molecule has 12 heteroatoms. The molecule has 0 radical (unpaired) electrons. The Kier molecular flexibility index (Phi) is 8.26. The number of hydrogen-bond donors (Lipinski definition) is 3. The largest absolute Gasteiger partial charge is 0.339 e. The molecule has 1 aromatic carbocycles. The van der Waals surface area contributed by atoms with Gasteiger partial charge in [-0.15, -0.1) is 0 Å². The van der Waals surface area contributed by atoms with Crippen molar-refractivity contribution in [2.75, 3.05) is 19.4 Å². The van der Waals surface area contributed by atoms with Gasteiger partial charge in [0, 0.05) is 19.1 Å². The van der Waals surface area contributed by atoms with Crippen molar-refractivity contribution in [2.45, 2.75) is 9.96 Å². The Balaban J connectivity index is 2.88. The van der Waals surface area contributed by atoms with E-state index in [1.54, 1.807) is 0 Å². The maximum atomic E-state index is 11.8. The van der Waals surface area contributed by atoms with Crippen LogP contribution in [0.4, 0.5) is 10.5 Å². The van der Waals surface area contributed by atoms with Crippen LogP contribution in [0.5, 0.6) is 0 Å². The third-order valence-corrected chi connectivity index (χ3v) is 4.21. The van der Waals surface area contributed by atoms with E-state index < -0.39 is 16.0 Å². The zero-order valence-corrected chi connectivity index (χ0v) is 17.6. The summed E-state index contributed by atoms with van der Waals surface area (Å²) in [6.45, 7) is 0. The predicted molar refractivity (Wildman–Crippen MR) is 107 cm³/mol. The summed E-state index contributed by atoms with van der Waals surface area (Å²) in [7, 11) is 3.07. The van der Waals surface area contributed by atoms with Crippen molar-refractivity contribution in [3.63, 3.8) is 0 Å². The second-order valence-electron chi connectivity index (χ2n) is 4.66. The Hall–Kier alpha value is -0.0800. The fourth-order valence-corrected chi connectivity index (χ4v) is 2.85. The zero-order chi connectivity index (χ0) is 18.7. The van der Waals surface area contributed by atoms with E-state index in [4.69, 9.17) is 81.8 Å². The molecule has 0 fully saturated rings. The molecule has 2 amide bonds. The van der Waals surface area contributed by atoms with Crippen LogP contribution in [-0.2, 0) is 0 Å². The maximum Gasteiger partial charge on any atom is 0.318 e. The summed E-state index contributed by atoms with van der Waals surface area (Å²) in [6, 6.07) is 2.49. The molecule has 24 heavy (non-hydrogen) atoms.